The maximum Gasteiger partial charge on any atom is 0.273 e. The van der Waals surface area contributed by atoms with Crippen molar-refractivity contribution >= 4 is 40.5 Å². The lowest BCUT2D eigenvalue weighted by Gasteiger charge is -2.30. The van der Waals surface area contributed by atoms with Crippen LogP contribution in [0.25, 0.3) is 11.4 Å². The highest BCUT2D eigenvalue weighted by molar-refractivity contribution is 6.44. The fraction of sp³-hybridized carbons (Fsp3) is 0.294. The third kappa shape index (κ3) is 3.56. The van der Waals surface area contributed by atoms with E-state index in [1.54, 1.807) is 13.0 Å². The molecule has 0 aliphatic carbocycles. The highest BCUT2D eigenvalue weighted by Gasteiger charge is 2.22. The molecule has 146 valence electrons. The van der Waals surface area contributed by atoms with E-state index in [2.05, 4.69) is 35.8 Å². The third-order valence-corrected chi connectivity index (χ3v) is 5.43. The van der Waals surface area contributed by atoms with E-state index < -0.39 is 0 Å². The van der Waals surface area contributed by atoms with Gasteiger partial charge in [-0.1, -0.05) is 23.2 Å². The number of morpholine rings is 1. The van der Waals surface area contributed by atoms with Crippen LogP contribution in [-0.2, 0) is 4.74 Å². The minimum absolute atomic E-state index is 0.202. The second kappa shape index (κ2) is 7.78. The van der Waals surface area contributed by atoms with Crippen LogP contribution in [0, 0.1) is 6.92 Å². The van der Waals surface area contributed by atoms with Crippen molar-refractivity contribution in [3.05, 3.63) is 39.6 Å². The second-order valence-corrected chi connectivity index (χ2v) is 7.03. The summed E-state index contributed by atoms with van der Waals surface area (Å²) in [6.07, 6.45) is 0. The summed E-state index contributed by atoms with van der Waals surface area (Å²) in [6.45, 7) is 4.37. The largest absolute Gasteiger partial charge is 0.378 e. The molecule has 1 amide bonds. The van der Waals surface area contributed by atoms with Gasteiger partial charge in [-0.3, -0.25) is 4.79 Å². The van der Waals surface area contributed by atoms with E-state index in [1.807, 2.05) is 12.1 Å². The van der Waals surface area contributed by atoms with Gasteiger partial charge in [-0.25, -0.2) is 0 Å². The molecular weight excluding hydrogens is 405 g/mol. The number of rotatable bonds is 4. The molecule has 11 heteroatoms. The summed E-state index contributed by atoms with van der Waals surface area (Å²) < 4.78 is 5.44. The van der Waals surface area contributed by atoms with Crippen LogP contribution in [0.3, 0.4) is 0 Å². The summed E-state index contributed by atoms with van der Waals surface area (Å²) in [5.74, 6) is 0.101. The number of anilines is 2. The summed E-state index contributed by atoms with van der Waals surface area (Å²) in [5.41, 5.74) is 3.12. The average molecular weight is 422 g/mol. The van der Waals surface area contributed by atoms with Crippen LogP contribution in [-0.4, -0.2) is 57.8 Å². The molecule has 1 aliphatic heterocycles. The van der Waals surface area contributed by atoms with E-state index in [1.165, 1.54) is 0 Å². The zero-order valence-electron chi connectivity index (χ0n) is 14.9. The van der Waals surface area contributed by atoms with Gasteiger partial charge in [-0.15, -0.1) is 10.2 Å². The summed E-state index contributed by atoms with van der Waals surface area (Å²) in [6, 6.07) is 5.54. The van der Waals surface area contributed by atoms with Gasteiger partial charge in [0, 0.05) is 24.3 Å². The van der Waals surface area contributed by atoms with Gasteiger partial charge in [0.2, 0.25) is 5.82 Å². The number of amides is 1. The standard InChI is InChI=1S/C17H17Cl2N7O2/c1-9-13(18)14(19)15(20-9)17(27)21-11-3-2-10(16-22-24-25-23-16)8-12(11)26-4-6-28-7-5-26/h2-3,8,20H,4-7H2,1H3,(H,21,27)(H,22,23,24,25). The number of hydrogen-bond acceptors (Lipinski definition) is 6. The number of aromatic nitrogens is 5. The molecule has 0 atom stereocenters. The Labute approximate surface area is 170 Å². The molecule has 28 heavy (non-hydrogen) atoms. The highest BCUT2D eigenvalue weighted by Crippen LogP contribution is 2.33. The SMILES string of the molecule is Cc1[nH]c(C(=O)Nc2ccc(-c3nn[nH]n3)cc2N2CCOCC2)c(Cl)c1Cl. The van der Waals surface area contributed by atoms with E-state index in [9.17, 15) is 4.79 Å². The second-order valence-electron chi connectivity index (χ2n) is 6.27. The molecule has 0 unspecified atom stereocenters. The summed E-state index contributed by atoms with van der Waals surface area (Å²) in [4.78, 5) is 17.8. The van der Waals surface area contributed by atoms with Crippen LogP contribution in [0.15, 0.2) is 18.2 Å². The Balaban J connectivity index is 1.68. The molecule has 2 aromatic heterocycles. The normalized spacial score (nSPS) is 14.3. The van der Waals surface area contributed by atoms with Crippen molar-refractivity contribution in [2.75, 3.05) is 36.5 Å². The molecule has 3 N–H and O–H groups in total. The van der Waals surface area contributed by atoms with Crippen molar-refractivity contribution in [1.82, 2.24) is 25.6 Å². The fourth-order valence-corrected chi connectivity index (χ4v) is 3.46. The van der Waals surface area contributed by atoms with Crippen molar-refractivity contribution in [3.8, 4) is 11.4 Å². The average Bonchev–Trinajstić information content (AvgIpc) is 3.34. The van der Waals surface area contributed by atoms with Crippen molar-refractivity contribution in [3.63, 3.8) is 0 Å². The first-order valence-electron chi connectivity index (χ1n) is 8.60. The van der Waals surface area contributed by atoms with Gasteiger partial charge in [-0.05, 0) is 30.3 Å². The van der Waals surface area contributed by atoms with Gasteiger partial charge in [0.15, 0.2) is 0 Å². The number of benzene rings is 1. The minimum Gasteiger partial charge on any atom is -0.378 e. The van der Waals surface area contributed by atoms with Crippen LogP contribution < -0.4 is 10.2 Å². The van der Waals surface area contributed by atoms with Gasteiger partial charge in [-0.2, -0.15) is 5.21 Å². The Morgan fingerprint density at radius 3 is 2.68 bits per heavy atom. The fourth-order valence-electron chi connectivity index (χ4n) is 3.04. The first kappa shape index (κ1) is 18.7. The number of ether oxygens (including phenoxy) is 1. The lowest BCUT2D eigenvalue weighted by atomic mass is 10.1. The van der Waals surface area contributed by atoms with Gasteiger partial charge >= 0.3 is 0 Å². The molecule has 9 nitrogen and oxygen atoms in total. The number of nitrogens with zero attached hydrogens (tertiary/aromatic N) is 4. The molecule has 0 spiro atoms. The number of tetrazole rings is 1. The van der Waals surface area contributed by atoms with Crippen LogP contribution in [0.5, 0.6) is 0 Å². The number of aryl methyl sites for hydroxylation is 1. The predicted octanol–water partition coefficient (Wildman–Crippen LogP) is 2.90. The molecule has 1 fully saturated rings. The van der Waals surface area contributed by atoms with Crippen molar-refractivity contribution in [2.24, 2.45) is 0 Å². The summed E-state index contributed by atoms with van der Waals surface area (Å²) in [7, 11) is 0. The first-order valence-corrected chi connectivity index (χ1v) is 9.35. The van der Waals surface area contributed by atoms with E-state index >= 15 is 0 Å². The third-order valence-electron chi connectivity index (χ3n) is 4.48. The summed E-state index contributed by atoms with van der Waals surface area (Å²) in [5, 5.41) is 17.5. The maximum atomic E-state index is 12.8. The Bertz CT molecular complexity index is 997. The Morgan fingerprint density at radius 2 is 2.04 bits per heavy atom. The molecule has 0 saturated carbocycles. The summed E-state index contributed by atoms with van der Waals surface area (Å²) >= 11 is 12.3. The quantitative estimate of drug-likeness (QED) is 0.596. The number of carbonyl (C=O) groups excluding carboxylic acids is 1. The molecular formula is C17H17Cl2N7O2. The monoisotopic (exact) mass is 421 g/mol. The van der Waals surface area contributed by atoms with E-state index in [-0.39, 0.29) is 16.6 Å². The Kier molecular flexibility index (Phi) is 5.21. The number of halogens is 2. The Morgan fingerprint density at radius 1 is 1.25 bits per heavy atom. The lowest BCUT2D eigenvalue weighted by molar-refractivity contribution is 0.102. The topological polar surface area (TPSA) is 112 Å². The lowest BCUT2D eigenvalue weighted by Crippen LogP contribution is -2.36. The Hall–Kier alpha value is -2.62. The van der Waals surface area contributed by atoms with E-state index in [0.717, 1.165) is 11.3 Å². The van der Waals surface area contributed by atoms with Crippen LogP contribution in [0.4, 0.5) is 11.4 Å². The molecule has 3 heterocycles. The number of carbonyl (C=O) groups is 1. The molecule has 1 aliphatic rings. The van der Waals surface area contributed by atoms with Gasteiger partial charge in [0.1, 0.15) is 5.69 Å². The zero-order chi connectivity index (χ0) is 19.7. The van der Waals surface area contributed by atoms with Gasteiger partial charge in [0.25, 0.3) is 5.91 Å². The van der Waals surface area contributed by atoms with Crippen molar-refractivity contribution in [1.29, 1.82) is 0 Å². The van der Waals surface area contributed by atoms with Crippen molar-refractivity contribution in [2.45, 2.75) is 6.92 Å². The van der Waals surface area contributed by atoms with E-state index in [0.29, 0.717) is 48.5 Å². The van der Waals surface area contributed by atoms with E-state index in [4.69, 9.17) is 27.9 Å². The molecule has 0 bridgehead atoms. The number of hydrogen-bond donors (Lipinski definition) is 3. The molecule has 0 radical (unpaired) electrons. The van der Waals surface area contributed by atoms with Crippen molar-refractivity contribution < 1.29 is 9.53 Å². The molecule has 4 rings (SSSR count). The zero-order valence-corrected chi connectivity index (χ0v) is 16.4. The van der Waals surface area contributed by atoms with Crippen LogP contribution >= 0.6 is 23.2 Å². The molecule has 1 saturated heterocycles. The smallest absolute Gasteiger partial charge is 0.273 e. The number of nitrogens with one attached hydrogen (secondary N) is 3. The van der Waals surface area contributed by atoms with Gasteiger partial charge in [0.05, 0.1) is 34.6 Å². The van der Waals surface area contributed by atoms with Crippen LogP contribution in [0.2, 0.25) is 10.0 Å². The minimum atomic E-state index is -0.373. The first-order chi connectivity index (χ1) is 13.5. The molecule has 3 aromatic rings. The molecule has 1 aromatic carbocycles. The maximum absolute atomic E-state index is 12.8. The van der Waals surface area contributed by atoms with Gasteiger partial charge < -0.3 is 19.9 Å². The highest BCUT2D eigenvalue weighted by atomic mass is 35.5. The predicted molar refractivity (Wildman–Crippen MR) is 106 cm³/mol. The number of aromatic amines is 2. The number of H-pyrrole nitrogens is 2. The van der Waals surface area contributed by atoms with Crippen LogP contribution in [0.1, 0.15) is 16.2 Å².